The maximum atomic E-state index is 11.6. The number of amides is 1. The molecule has 1 rings (SSSR count). The molecule has 0 aliphatic rings. The molecule has 1 amide bonds. The summed E-state index contributed by atoms with van der Waals surface area (Å²) in [4.78, 5) is 15.7. The van der Waals surface area contributed by atoms with E-state index in [1.165, 1.54) is 11.1 Å². The molecule has 0 aromatic heterocycles. The van der Waals surface area contributed by atoms with Crippen molar-refractivity contribution in [1.29, 1.82) is 0 Å². The number of rotatable bonds is 7. The van der Waals surface area contributed by atoms with E-state index < -0.39 is 0 Å². The SMILES string of the molecule is CCCNC(=O)CNC(=NC)NCC(C)c1cccc(C)c1. The number of nitrogens with zero attached hydrogens (tertiary/aromatic N) is 1. The minimum absolute atomic E-state index is 0.0171. The van der Waals surface area contributed by atoms with Crippen molar-refractivity contribution in [3.8, 4) is 0 Å². The van der Waals surface area contributed by atoms with Gasteiger partial charge in [-0.3, -0.25) is 9.79 Å². The van der Waals surface area contributed by atoms with Crippen molar-refractivity contribution >= 4 is 11.9 Å². The lowest BCUT2D eigenvalue weighted by Gasteiger charge is -2.16. The first-order valence-electron chi connectivity index (χ1n) is 7.84. The minimum atomic E-state index is -0.0171. The molecule has 0 fully saturated rings. The van der Waals surface area contributed by atoms with Gasteiger partial charge in [0, 0.05) is 20.1 Å². The van der Waals surface area contributed by atoms with Crippen LogP contribution in [0.3, 0.4) is 0 Å². The number of carbonyl (C=O) groups excluding carboxylic acids is 1. The predicted molar refractivity (Wildman–Crippen MR) is 92.3 cm³/mol. The Labute approximate surface area is 133 Å². The van der Waals surface area contributed by atoms with Crippen LogP contribution in [0.4, 0.5) is 0 Å². The Bertz CT molecular complexity index is 499. The Hall–Kier alpha value is -2.04. The van der Waals surface area contributed by atoms with Crippen molar-refractivity contribution in [1.82, 2.24) is 16.0 Å². The molecule has 1 unspecified atom stereocenters. The standard InChI is InChI=1S/C17H28N4O/c1-5-9-19-16(22)12-21-17(18-4)20-11-14(3)15-8-6-7-13(2)10-15/h6-8,10,14H,5,9,11-12H2,1-4H3,(H,19,22)(H2,18,20,21). The number of guanidine groups is 1. The second kappa shape index (κ2) is 9.82. The summed E-state index contributed by atoms with van der Waals surface area (Å²) in [5, 5.41) is 9.11. The fourth-order valence-electron chi connectivity index (χ4n) is 2.06. The number of aryl methyl sites for hydroxylation is 1. The average Bonchev–Trinajstić information content (AvgIpc) is 2.52. The number of aliphatic imine (C=N–C) groups is 1. The molecule has 122 valence electrons. The zero-order valence-corrected chi connectivity index (χ0v) is 14.1. The van der Waals surface area contributed by atoms with Crippen LogP contribution < -0.4 is 16.0 Å². The van der Waals surface area contributed by atoms with Gasteiger partial charge in [0.05, 0.1) is 6.54 Å². The van der Waals surface area contributed by atoms with Gasteiger partial charge in [-0.1, -0.05) is 43.7 Å². The molecule has 5 nitrogen and oxygen atoms in total. The molecule has 3 N–H and O–H groups in total. The third-order valence-corrected chi connectivity index (χ3v) is 3.40. The Balaban J connectivity index is 2.39. The van der Waals surface area contributed by atoms with Crippen molar-refractivity contribution in [2.24, 2.45) is 4.99 Å². The van der Waals surface area contributed by atoms with Gasteiger partial charge in [0.25, 0.3) is 0 Å². The molecule has 5 heteroatoms. The summed E-state index contributed by atoms with van der Waals surface area (Å²) in [6, 6.07) is 8.50. The highest BCUT2D eigenvalue weighted by Gasteiger charge is 2.07. The van der Waals surface area contributed by atoms with Gasteiger partial charge in [0.1, 0.15) is 0 Å². The summed E-state index contributed by atoms with van der Waals surface area (Å²) in [6.45, 7) is 8.00. The van der Waals surface area contributed by atoms with Gasteiger partial charge in [-0.05, 0) is 24.8 Å². The van der Waals surface area contributed by atoms with Crippen LogP contribution in [0.25, 0.3) is 0 Å². The van der Waals surface area contributed by atoms with Crippen molar-refractivity contribution in [3.63, 3.8) is 0 Å². The van der Waals surface area contributed by atoms with E-state index in [1.807, 2.05) is 6.92 Å². The second-order valence-corrected chi connectivity index (χ2v) is 5.47. The first-order chi connectivity index (χ1) is 10.6. The highest BCUT2D eigenvalue weighted by molar-refractivity contribution is 5.86. The molecule has 0 heterocycles. The lowest BCUT2D eigenvalue weighted by molar-refractivity contribution is -0.120. The Morgan fingerprint density at radius 3 is 2.68 bits per heavy atom. The van der Waals surface area contributed by atoms with Crippen LogP contribution >= 0.6 is 0 Å². The van der Waals surface area contributed by atoms with Crippen LogP contribution in [0.2, 0.25) is 0 Å². The maximum absolute atomic E-state index is 11.6. The predicted octanol–water partition coefficient (Wildman–Crippen LogP) is 1.79. The maximum Gasteiger partial charge on any atom is 0.239 e. The molecule has 0 spiro atoms. The van der Waals surface area contributed by atoms with Crippen LogP contribution in [0.5, 0.6) is 0 Å². The van der Waals surface area contributed by atoms with Crippen molar-refractivity contribution < 1.29 is 4.79 Å². The molecule has 1 aromatic rings. The lowest BCUT2D eigenvalue weighted by Crippen LogP contribution is -2.44. The molecule has 1 atom stereocenters. The van der Waals surface area contributed by atoms with Gasteiger partial charge >= 0.3 is 0 Å². The number of benzene rings is 1. The van der Waals surface area contributed by atoms with E-state index in [4.69, 9.17) is 0 Å². The van der Waals surface area contributed by atoms with E-state index in [2.05, 4.69) is 59.1 Å². The van der Waals surface area contributed by atoms with Crippen LogP contribution in [0, 0.1) is 6.92 Å². The molecule has 0 bridgehead atoms. The van der Waals surface area contributed by atoms with E-state index >= 15 is 0 Å². The van der Waals surface area contributed by atoms with E-state index in [9.17, 15) is 4.79 Å². The number of hydrogen-bond donors (Lipinski definition) is 3. The lowest BCUT2D eigenvalue weighted by atomic mass is 9.99. The summed E-state index contributed by atoms with van der Waals surface area (Å²) in [5.74, 6) is 0.995. The first kappa shape index (κ1) is 18.0. The van der Waals surface area contributed by atoms with Crippen molar-refractivity contribution in [2.45, 2.75) is 33.1 Å². The summed E-state index contributed by atoms with van der Waals surface area (Å²) in [7, 11) is 1.70. The van der Waals surface area contributed by atoms with Gasteiger partial charge in [-0.2, -0.15) is 0 Å². The van der Waals surface area contributed by atoms with Crippen molar-refractivity contribution in [3.05, 3.63) is 35.4 Å². The van der Waals surface area contributed by atoms with E-state index in [-0.39, 0.29) is 12.5 Å². The zero-order chi connectivity index (χ0) is 16.4. The van der Waals surface area contributed by atoms with Gasteiger partial charge < -0.3 is 16.0 Å². The Kier molecular flexibility index (Phi) is 8.04. The van der Waals surface area contributed by atoms with Crippen LogP contribution in [0.1, 0.15) is 37.3 Å². The molecule has 0 radical (unpaired) electrons. The molecule has 1 aromatic carbocycles. The Morgan fingerprint density at radius 2 is 2.05 bits per heavy atom. The quantitative estimate of drug-likeness (QED) is 0.531. The molecule has 0 saturated heterocycles. The van der Waals surface area contributed by atoms with Gasteiger partial charge in [-0.15, -0.1) is 0 Å². The number of carbonyl (C=O) groups is 1. The molecule has 22 heavy (non-hydrogen) atoms. The third kappa shape index (κ3) is 6.61. The van der Waals surface area contributed by atoms with Crippen LogP contribution in [-0.2, 0) is 4.79 Å². The molecule has 0 saturated carbocycles. The fourth-order valence-corrected chi connectivity index (χ4v) is 2.06. The highest BCUT2D eigenvalue weighted by Crippen LogP contribution is 2.15. The normalized spacial score (nSPS) is 12.6. The molecule has 0 aliphatic heterocycles. The average molecular weight is 304 g/mol. The Morgan fingerprint density at radius 1 is 1.27 bits per heavy atom. The highest BCUT2D eigenvalue weighted by atomic mass is 16.1. The van der Waals surface area contributed by atoms with Gasteiger partial charge in [0.15, 0.2) is 5.96 Å². The monoisotopic (exact) mass is 304 g/mol. The summed E-state index contributed by atoms with van der Waals surface area (Å²) in [6.07, 6.45) is 0.937. The van der Waals surface area contributed by atoms with Crippen molar-refractivity contribution in [2.75, 3.05) is 26.7 Å². The summed E-state index contributed by atoms with van der Waals surface area (Å²) < 4.78 is 0. The third-order valence-electron chi connectivity index (χ3n) is 3.40. The fraction of sp³-hybridized carbons (Fsp3) is 0.529. The summed E-state index contributed by atoms with van der Waals surface area (Å²) >= 11 is 0. The number of nitrogens with one attached hydrogen (secondary N) is 3. The minimum Gasteiger partial charge on any atom is -0.356 e. The molecule has 0 aliphatic carbocycles. The number of hydrogen-bond acceptors (Lipinski definition) is 2. The largest absolute Gasteiger partial charge is 0.356 e. The zero-order valence-electron chi connectivity index (χ0n) is 14.1. The first-order valence-corrected chi connectivity index (χ1v) is 7.84. The summed E-state index contributed by atoms with van der Waals surface area (Å²) in [5.41, 5.74) is 2.56. The smallest absolute Gasteiger partial charge is 0.239 e. The van der Waals surface area contributed by atoms with Gasteiger partial charge in [0.2, 0.25) is 5.91 Å². The van der Waals surface area contributed by atoms with Gasteiger partial charge in [-0.25, -0.2) is 0 Å². The van der Waals surface area contributed by atoms with Crippen LogP contribution in [-0.4, -0.2) is 38.5 Å². The van der Waals surface area contributed by atoms with E-state index in [1.54, 1.807) is 7.05 Å². The van der Waals surface area contributed by atoms with E-state index in [0.29, 0.717) is 18.4 Å². The topological polar surface area (TPSA) is 65.5 Å². The second-order valence-electron chi connectivity index (χ2n) is 5.47. The molecular formula is C17H28N4O. The van der Waals surface area contributed by atoms with E-state index in [0.717, 1.165) is 13.0 Å². The molecular weight excluding hydrogens is 276 g/mol. The van der Waals surface area contributed by atoms with Crippen LogP contribution in [0.15, 0.2) is 29.3 Å².